The molecule has 1 aromatic heterocycles. The zero-order valence-corrected chi connectivity index (χ0v) is 13.5. The Kier molecular flexibility index (Phi) is 6.06. The quantitative estimate of drug-likeness (QED) is 0.798. The Hall–Kier alpha value is -0.820. The first-order valence-corrected chi connectivity index (χ1v) is 9.13. The molecule has 2 N–H and O–H groups in total. The van der Waals surface area contributed by atoms with Gasteiger partial charge in [-0.15, -0.1) is 0 Å². The van der Waals surface area contributed by atoms with Crippen LogP contribution in [0.4, 0.5) is 10.8 Å². The Bertz CT molecular complexity index is 497. The van der Waals surface area contributed by atoms with E-state index in [-0.39, 0.29) is 16.5 Å². The van der Waals surface area contributed by atoms with E-state index in [4.69, 9.17) is 5.73 Å². The average molecular weight is 305 g/mol. The Morgan fingerprint density at radius 1 is 1.26 bits per heavy atom. The fourth-order valence-corrected chi connectivity index (χ4v) is 4.75. The molecule has 0 unspecified atom stereocenters. The molecular weight excluding hydrogens is 282 g/mol. The highest BCUT2D eigenvalue weighted by atomic mass is 32.2. The van der Waals surface area contributed by atoms with E-state index in [0.29, 0.717) is 11.4 Å². The van der Waals surface area contributed by atoms with Crippen LogP contribution in [0.15, 0.2) is 4.90 Å². The lowest BCUT2D eigenvalue weighted by molar-refractivity contribution is 0.594. The fraction of sp³-hybridized carbons (Fsp3) is 0.750. The van der Waals surface area contributed by atoms with Gasteiger partial charge in [-0.3, -0.25) is 0 Å². The van der Waals surface area contributed by atoms with Crippen molar-refractivity contribution in [3.05, 3.63) is 0 Å². The second-order valence-corrected chi connectivity index (χ2v) is 7.25. The van der Waals surface area contributed by atoms with E-state index in [1.807, 2.05) is 13.8 Å². The van der Waals surface area contributed by atoms with Crippen LogP contribution in [0.5, 0.6) is 0 Å². The van der Waals surface area contributed by atoms with Gasteiger partial charge in [-0.05, 0) is 31.3 Å². The third-order valence-corrected chi connectivity index (χ3v) is 5.91. The van der Waals surface area contributed by atoms with E-state index in [1.54, 1.807) is 0 Å². The Balaban J connectivity index is 3.15. The number of rotatable bonds is 8. The van der Waals surface area contributed by atoms with Gasteiger partial charge in [0.15, 0.2) is 15.7 Å². The number of nitrogen functional groups attached to an aromatic ring is 1. The molecule has 0 aromatic carbocycles. The molecule has 0 atom stereocenters. The number of hydrogen-bond acceptors (Lipinski definition) is 6. The summed E-state index contributed by atoms with van der Waals surface area (Å²) in [6.07, 6.45) is 2.68. The molecule has 19 heavy (non-hydrogen) atoms. The lowest BCUT2D eigenvalue weighted by Crippen LogP contribution is -2.25. The molecule has 0 bridgehead atoms. The molecule has 0 aliphatic rings. The first kappa shape index (κ1) is 16.2. The van der Waals surface area contributed by atoms with Crippen LogP contribution < -0.4 is 10.6 Å². The number of nitrogens with two attached hydrogens (primary N) is 1. The highest BCUT2D eigenvalue weighted by molar-refractivity contribution is 7.91. The zero-order valence-electron chi connectivity index (χ0n) is 11.8. The van der Waals surface area contributed by atoms with Gasteiger partial charge in [0.25, 0.3) is 0 Å². The first-order chi connectivity index (χ1) is 8.97. The zero-order chi connectivity index (χ0) is 14.5. The van der Waals surface area contributed by atoms with Gasteiger partial charge >= 0.3 is 0 Å². The molecule has 7 heteroatoms. The monoisotopic (exact) mass is 305 g/mol. The van der Waals surface area contributed by atoms with Crippen molar-refractivity contribution < 1.29 is 8.42 Å². The molecule has 1 aromatic rings. The van der Waals surface area contributed by atoms with Crippen LogP contribution in [0.3, 0.4) is 0 Å². The van der Waals surface area contributed by atoms with Gasteiger partial charge in [0.2, 0.25) is 0 Å². The molecule has 0 amide bonds. The molecule has 1 heterocycles. The van der Waals surface area contributed by atoms with Crippen LogP contribution in [0, 0.1) is 0 Å². The predicted octanol–water partition coefficient (Wildman–Crippen LogP) is 2.54. The van der Waals surface area contributed by atoms with Crippen molar-refractivity contribution in [3.63, 3.8) is 0 Å². The normalized spacial score (nSPS) is 11.7. The Labute approximate surface area is 119 Å². The van der Waals surface area contributed by atoms with E-state index in [1.165, 1.54) is 11.5 Å². The summed E-state index contributed by atoms with van der Waals surface area (Å²) < 4.78 is 28.6. The van der Waals surface area contributed by atoms with Gasteiger partial charge in [0.05, 0.1) is 5.75 Å². The van der Waals surface area contributed by atoms with Crippen molar-refractivity contribution in [2.75, 3.05) is 29.5 Å². The van der Waals surface area contributed by atoms with Crippen molar-refractivity contribution in [3.8, 4) is 0 Å². The number of sulfone groups is 1. The van der Waals surface area contributed by atoms with Crippen LogP contribution in [0.2, 0.25) is 0 Å². The summed E-state index contributed by atoms with van der Waals surface area (Å²) in [4.78, 5) is 2.29. The van der Waals surface area contributed by atoms with Crippen molar-refractivity contribution in [1.82, 2.24) is 4.37 Å². The Morgan fingerprint density at radius 2 is 1.95 bits per heavy atom. The molecule has 0 aliphatic heterocycles. The van der Waals surface area contributed by atoms with Gasteiger partial charge in [-0.2, -0.15) is 4.37 Å². The minimum Gasteiger partial charge on any atom is -0.382 e. The summed E-state index contributed by atoms with van der Waals surface area (Å²) in [7, 11) is -3.33. The van der Waals surface area contributed by atoms with Crippen molar-refractivity contribution >= 4 is 32.2 Å². The largest absolute Gasteiger partial charge is 0.382 e. The molecule has 0 fully saturated rings. The maximum atomic E-state index is 12.3. The number of hydrogen-bond donors (Lipinski definition) is 1. The highest BCUT2D eigenvalue weighted by Gasteiger charge is 2.27. The van der Waals surface area contributed by atoms with E-state index >= 15 is 0 Å². The molecule has 1 rings (SSSR count). The van der Waals surface area contributed by atoms with Gasteiger partial charge in [0.1, 0.15) is 9.90 Å². The van der Waals surface area contributed by atoms with Gasteiger partial charge < -0.3 is 10.6 Å². The second-order valence-electron chi connectivity index (χ2n) is 4.45. The summed E-state index contributed by atoms with van der Waals surface area (Å²) in [5, 5.41) is 0.696. The van der Waals surface area contributed by atoms with Crippen LogP contribution in [-0.4, -0.2) is 31.6 Å². The Morgan fingerprint density at radius 3 is 2.47 bits per heavy atom. The van der Waals surface area contributed by atoms with E-state index in [9.17, 15) is 8.42 Å². The lowest BCUT2D eigenvalue weighted by atomic mass is 10.3. The van der Waals surface area contributed by atoms with Crippen LogP contribution in [0.25, 0.3) is 0 Å². The topological polar surface area (TPSA) is 76.3 Å². The third kappa shape index (κ3) is 3.82. The molecule has 5 nitrogen and oxygen atoms in total. The number of nitrogens with zero attached hydrogens (tertiary/aromatic N) is 2. The number of aromatic nitrogens is 1. The predicted molar refractivity (Wildman–Crippen MR) is 81.7 cm³/mol. The molecular formula is C12H23N3O2S2. The van der Waals surface area contributed by atoms with Crippen LogP contribution in [0.1, 0.15) is 40.0 Å². The summed E-state index contributed by atoms with van der Waals surface area (Å²) in [5.41, 5.74) is 5.77. The van der Waals surface area contributed by atoms with Crippen molar-refractivity contribution in [2.24, 2.45) is 0 Å². The number of anilines is 2. The molecule has 0 aliphatic carbocycles. The summed E-state index contributed by atoms with van der Waals surface area (Å²) in [5.74, 6) is 0.261. The van der Waals surface area contributed by atoms with E-state index in [0.717, 1.165) is 25.9 Å². The summed E-state index contributed by atoms with van der Waals surface area (Å²) >= 11 is 1.18. The summed E-state index contributed by atoms with van der Waals surface area (Å²) in [6, 6.07) is 0. The lowest BCUT2D eigenvalue weighted by Gasteiger charge is -2.21. The average Bonchev–Trinajstić information content (AvgIpc) is 2.73. The van der Waals surface area contributed by atoms with Crippen LogP contribution >= 0.6 is 11.5 Å². The minimum atomic E-state index is -3.33. The van der Waals surface area contributed by atoms with Gasteiger partial charge in [-0.25, -0.2) is 8.42 Å². The number of unbranched alkanes of at least 4 members (excludes halogenated alkanes) is 1. The SMILES string of the molecule is CCCCN(CC)c1snc(N)c1S(=O)(=O)CCC. The first-order valence-electron chi connectivity index (χ1n) is 6.70. The molecule has 0 saturated heterocycles. The second kappa shape index (κ2) is 7.09. The molecule has 0 radical (unpaired) electrons. The van der Waals surface area contributed by atoms with Gasteiger partial charge in [0, 0.05) is 13.1 Å². The molecule has 110 valence electrons. The standard InChI is InChI=1S/C12H23N3O2S2/c1-4-7-8-15(6-3)12-10(11(13)14-18-12)19(16,17)9-5-2/h4-9H2,1-3H3,(H2,13,14). The fourth-order valence-electron chi connectivity index (χ4n) is 1.90. The summed E-state index contributed by atoms with van der Waals surface area (Å²) in [6.45, 7) is 7.58. The van der Waals surface area contributed by atoms with E-state index in [2.05, 4.69) is 16.2 Å². The van der Waals surface area contributed by atoms with Crippen molar-refractivity contribution in [2.45, 2.75) is 44.9 Å². The molecule has 0 saturated carbocycles. The molecule has 0 spiro atoms. The maximum absolute atomic E-state index is 12.3. The smallest absolute Gasteiger partial charge is 0.185 e. The highest BCUT2D eigenvalue weighted by Crippen LogP contribution is 2.35. The maximum Gasteiger partial charge on any atom is 0.185 e. The minimum absolute atomic E-state index is 0.119. The van der Waals surface area contributed by atoms with Crippen molar-refractivity contribution in [1.29, 1.82) is 0 Å². The van der Waals surface area contributed by atoms with E-state index < -0.39 is 9.84 Å². The third-order valence-electron chi connectivity index (χ3n) is 2.89. The van der Waals surface area contributed by atoms with Crippen LogP contribution in [-0.2, 0) is 9.84 Å². The van der Waals surface area contributed by atoms with Gasteiger partial charge in [-0.1, -0.05) is 20.3 Å².